The summed E-state index contributed by atoms with van der Waals surface area (Å²) in [5, 5.41) is 2.10. The van der Waals surface area contributed by atoms with Crippen molar-refractivity contribution in [1.82, 2.24) is 14.7 Å². The molecule has 3 heterocycles. The van der Waals surface area contributed by atoms with E-state index in [9.17, 15) is 14.0 Å². The Morgan fingerprint density at radius 1 is 0.929 bits per heavy atom. The van der Waals surface area contributed by atoms with Gasteiger partial charge in [-0.3, -0.25) is 14.5 Å². The zero-order chi connectivity index (χ0) is 19.5. The molecule has 0 saturated carbocycles. The molecule has 0 aliphatic carbocycles. The number of nitrogens with zero attached hydrogens (tertiary/aromatic N) is 3. The molecule has 148 valence electrons. The lowest BCUT2D eigenvalue weighted by Gasteiger charge is -2.36. The number of hydrogen-bond acceptors (Lipinski definition) is 4. The molecule has 0 radical (unpaired) electrons. The number of carbonyl (C=O) groups excluding carboxylic acids is 2. The number of piperazine rings is 1. The average molecular weight is 402 g/mol. The number of amides is 2. The van der Waals surface area contributed by atoms with Crippen LogP contribution in [0.1, 0.15) is 16.0 Å². The molecular weight excluding hydrogens is 377 g/mol. The normalized spacial score (nSPS) is 17.5. The Balaban J connectivity index is 1.23. The molecule has 2 aliphatic rings. The van der Waals surface area contributed by atoms with Crippen LogP contribution in [0.25, 0.3) is 0 Å². The number of fused-ring (bicyclic) bond motifs is 1. The number of benzene rings is 1. The molecular formula is C21H24FN3O2S. The molecule has 2 aromatic rings. The van der Waals surface area contributed by atoms with E-state index >= 15 is 0 Å². The van der Waals surface area contributed by atoms with Gasteiger partial charge in [-0.05, 0) is 41.1 Å². The molecule has 2 amide bonds. The molecule has 0 spiro atoms. The molecule has 4 rings (SSSR count). The summed E-state index contributed by atoms with van der Waals surface area (Å²) in [6.45, 7) is 4.59. The van der Waals surface area contributed by atoms with Crippen LogP contribution in [0.4, 0.5) is 4.39 Å². The van der Waals surface area contributed by atoms with Crippen LogP contribution >= 0.6 is 11.3 Å². The summed E-state index contributed by atoms with van der Waals surface area (Å²) >= 11 is 1.77. The van der Waals surface area contributed by atoms with Crippen LogP contribution in [0, 0.1) is 5.82 Å². The van der Waals surface area contributed by atoms with E-state index in [0.29, 0.717) is 39.3 Å². The summed E-state index contributed by atoms with van der Waals surface area (Å²) in [5.74, 6) is -0.0695. The molecule has 7 heteroatoms. The molecule has 1 aromatic carbocycles. The van der Waals surface area contributed by atoms with Crippen LogP contribution in [-0.4, -0.2) is 65.8 Å². The third kappa shape index (κ3) is 4.42. The van der Waals surface area contributed by atoms with Crippen molar-refractivity contribution in [3.05, 3.63) is 57.5 Å². The number of thiophene rings is 1. The fourth-order valence-electron chi connectivity index (χ4n) is 3.80. The fraction of sp³-hybridized carbons (Fsp3) is 0.429. The molecule has 1 saturated heterocycles. The second-order valence-corrected chi connectivity index (χ2v) is 8.40. The summed E-state index contributed by atoms with van der Waals surface area (Å²) in [5.41, 5.74) is 2.10. The average Bonchev–Trinajstić information content (AvgIpc) is 3.18. The molecule has 0 bridgehead atoms. The van der Waals surface area contributed by atoms with E-state index in [-0.39, 0.29) is 24.1 Å². The summed E-state index contributed by atoms with van der Waals surface area (Å²) in [6, 6.07) is 8.18. The van der Waals surface area contributed by atoms with E-state index in [0.717, 1.165) is 18.5 Å². The molecule has 2 aliphatic heterocycles. The van der Waals surface area contributed by atoms with Gasteiger partial charge in [0.1, 0.15) is 5.82 Å². The van der Waals surface area contributed by atoms with Crippen molar-refractivity contribution in [2.75, 3.05) is 39.3 Å². The van der Waals surface area contributed by atoms with Crippen molar-refractivity contribution >= 4 is 23.2 Å². The lowest BCUT2D eigenvalue weighted by molar-refractivity contribution is -0.135. The van der Waals surface area contributed by atoms with Gasteiger partial charge < -0.3 is 9.80 Å². The van der Waals surface area contributed by atoms with E-state index in [2.05, 4.69) is 16.3 Å². The Labute approximate surface area is 168 Å². The van der Waals surface area contributed by atoms with Crippen LogP contribution < -0.4 is 0 Å². The summed E-state index contributed by atoms with van der Waals surface area (Å²) < 4.78 is 13.0. The van der Waals surface area contributed by atoms with Crippen molar-refractivity contribution in [3.63, 3.8) is 0 Å². The van der Waals surface area contributed by atoms with Crippen LogP contribution in [0.15, 0.2) is 35.7 Å². The first kappa shape index (κ1) is 19.1. The van der Waals surface area contributed by atoms with Gasteiger partial charge in [-0.15, -0.1) is 11.3 Å². The van der Waals surface area contributed by atoms with Gasteiger partial charge in [0, 0.05) is 44.1 Å². The standard InChI is InChI=1S/C21H24FN3O2S/c22-18-3-1-16(2-4-18)13-20(26)24-10-8-23(9-11-24)15-21(27)25-7-5-19-17(14-25)6-12-28-19/h1-4,6,12H,5,7-11,13-15H2. The van der Waals surface area contributed by atoms with Crippen molar-refractivity contribution < 1.29 is 14.0 Å². The van der Waals surface area contributed by atoms with Crippen LogP contribution in [-0.2, 0) is 29.0 Å². The van der Waals surface area contributed by atoms with Crippen LogP contribution in [0.2, 0.25) is 0 Å². The van der Waals surface area contributed by atoms with Gasteiger partial charge in [-0.2, -0.15) is 0 Å². The Kier molecular flexibility index (Phi) is 5.73. The maximum atomic E-state index is 13.0. The third-order valence-electron chi connectivity index (χ3n) is 5.51. The number of halogens is 1. The van der Waals surface area contributed by atoms with Gasteiger partial charge in [0.2, 0.25) is 11.8 Å². The topological polar surface area (TPSA) is 43.9 Å². The van der Waals surface area contributed by atoms with Crippen molar-refractivity contribution in [2.45, 2.75) is 19.4 Å². The zero-order valence-electron chi connectivity index (χ0n) is 15.8. The molecule has 1 fully saturated rings. The zero-order valence-corrected chi connectivity index (χ0v) is 16.6. The minimum atomic E-state index is -0.293. The lowest BCUT2D eigenvalue weighted by Crippen LogP contribution is -2.52. The number of carbonyl (C=O) groups is 2. The minimum Gasteiger partial charge on any atom is -0.340 e. The molecule has 28 heavy (non-hydrogen) atoms. The fourth-order valence-corrected chi connectivity index (χ4v) is 4.69. The largest absolute Gasteiger partial charge is 0.340 e. The van der Waals surface area contributed by atoms with E-state index in [1.54, 1.807) is 23.5 Å². The molecule has 0 unspecified atom stereocenters. The van der Waals surface area contributed by atoms with Gasteiger partial charge >= 0.3 is 0 Å². The quantitative estimate of drug-likeness (QED) is 0.789. The first-order valence-electron chi connectivity index (χ1n) is 9.66. The highest BCUT2D eigenvalue weighted by molar-refractivity contribution is 7.10. The minimum absolute atomic E-state index is 0.0543. The van der Waals surface area contributed by atoms with Gasteiger partial charge in [-0.25, -0.2) is 4.39 Å². The predicted molar refractivity (Wildman–Crippen MR) is 107 cm³/mol. The first-order chi connectivity index (χ1) is 13.6. The number of rotatable bonds is 4. The highest BCUT2D eigenvalue weighted by Gasteiger charge is 2.26. The Morgan fingerprint density at radius 2 is 1.68 bits per heavy atom. The first-order valence-corrected chi connectivity index (χ1v) is 10.5. The monoisotopic (exact) mass is 401 g/mol. The van der Waals surface area contributed by atoms with Gasteiger partial charge in [0.25, 0.3) is 0 Å². The van der Waals surface area contributed by atoms with Gasteiger partial charge in [-0.1, -0.05) is 12.1 Å². The maximum absolute atomic E-state index is 13.0. The Bertz CT molecular complexity index is 844. The van der Waals surface area contributed by atoms with Crippen LogP contribution in [0.5, 0.6) is 0 Å². The Morgan fingerprint density at radius 3 is 2.43 bits per heavy atom. The summed E-state index contributed by atoms with van der Waals surface area (Å²) in [7, 11) is 0. The smallest absolute Gasteiger partial charge is 0.237 e. The van der Waals surface area contributed by atoms with Crippen molar-refractivity contribution in [2.24, 2.45) is 0 Å². The van der Waals surface area contributed by atoms with E-state index in [1.807, 2.05) is 9.80 Å². The van der Waals surface area contributed by atoms with Crippen molar-refractivity contribution in [1.29, 1.82) is 0 Å². The second kappa shape index (κ2) is 8.41. The highest BCUT2D eigenvalue weighted by atomic mass is 32.1. The third-order valence-corrected chi connectivity index (χ3v) is 6.54. The molecule has 1 aromatic heterocycles. The second-order valence-electron chi connectivity index (χ2n) is 7.39. The van der Waals surface area contributed by atoms with Gasteiger partial charge in [0.05, 0.1) is 13.0 Å². The summed E-state index contributed by atoms with van der Waals surface area (Å²) in [4.78, 5) is 32.4. The van der Waals surface area contributed by atoms with Crippen molar-refractivity contribution in [3.8, 4) is 0 Å². The Hall–Kier alpha value is -2.25. The van der Waals surface area contributed by atoms with Crippen LogP contribution in [0.3, 0.4) is 0 Å². The lowest BCUT2D eigenvalue weighted by atomic mass is 10.1. The number of hydrogen-bond donors (Lipinski definition) is 0. The maximum Gasteiger partial charge on any atom is 0.237 e. The van der Waals surface area contributed by atoms with E-state index in [4.69, 9.17) is 0 Å². The predicted octanol–water partition coefficient (Wildman–Crippen LogP) is 2.16. The van der Waals surface area contributed by atoms with E-state index in [1.165, 1.54) is 22.6 Å². The highest BCUT2D eigenvalue weighted by Crippen LogP contribution is 2.24. The molecule has 0 atom stereocenters. The van der Waals surface area contributed by atoms with Gasteiger partial charge in [0.15, 0.2) is 0 Å². The molecule has 5 nitrogen and oxygen atoms in total. The summed E-state index contributed by atoms with van der Waals surface area (Å²) in [6.07, 6.45) is 1.24. The molecule has 0 N–H and O–H groups in total. The van der Waals surface area contributed by atoms with E-state index < -0.39 is 0 Å². The SMILES string of the molecule is O=C(Cc1ccc(F)cc1)N1CCN(CC(=O)N2CCc3sccc3C2)CC1.